The van der Waals surface area contributed by atoms with E-state index in [4.69, 9.17) is 9.72 Å². The fourth-order valence-corrected chi connectivity index (χ4v) is 3.94. The van der Waals surface area contributed by atoms with Gasteiger partial charge in [-0.3, -0.25) is 4.68 Å². The normalized spacial score (nSPS) is 22.3. The van der Waals surface area contributed by atoms with Crippen LogP contribution >= 0.6 is 0 Å². The zero-order valence-electron chi connectivity index (χ0n) is 15.9. The highest BCUT2D eigenvalue weighted by Crippen LogP contribution is 2.40. The van der Waals surface area contributed by atoms with Crippen molar-refractivity contribution in [2.45, 2.75) is 39.3 Å². The number of anilines is 1. The van der Waals surface area contributed by atoms with Crippen LogP contribution in [0.5, 0.6) is 0 Å². The standard InChI is InChI=1S/C19H28N6O/c1-19(2)8-16(20-10-14-11-22-24(3)13-14)15-12-21-18(23-17(15)9-19)25-4-6-26-7-5-25/h11-13,16,20H,4-10H2,1-3H3. The molecule has 1 saturated heterocycles. The Labute approximate surface area is 154 Å². The van der Waals surface area contributed by atoms with Gasteiger partial charge in [-0.05, 0) is 18.3 Å². The van der Waals surface area contributed by atoms with Crippen molar-refractivity contribution in [1.82, 2.24) is 25.1 Å². The van der Waals surface area contributed by atoms with Crippen molar-refractivity contribution in [2.24, 2.45) is 12.5 Å². The number of nitrogens with zero attached hydrogens (tertiary/aromatic N) is 5. The van der Waals surface area contributed by atoms with Gasteiger partial charge in [0, 0.05) is 56.2 Å². The summed E-state index contributed by atoms with van der Waals surface area (Å²) < 4.78 is 7.29. The molecule has 1 N–H and O–H groups in total. The lowest BCUT2D eigenvalue weighted by Crippen LogP contribution is -2.39. The minimum Gasteiger partial charge on any atom is -0.378 e. The summed E-state index contributed by atoms with van der Waals surface area (Å²) >= 11 is 0. The minimum atomic E-state index is 0.218. The second-order valence-corrected chi connectivity index (χ2v) is 8.17. The molecule has 1 unspecified atom stereocenters. The summed E-state index contributed by atoms with van der Waals surface area (Å²) in [6.45, 7) is 8.69. The first-order chi connectivity index (χ1) is 12.5. The summed E-state index contributed by atoms with van der Waals surface area (Å²) in [5, 5.41) is 7.95. The highest BCUT2D eigenvalue weighted by molar-refractivity contribution is 5.36. The van der Waals surface area contributed by atoms with Crippen molar-refractivity contribution in [3.8, 4) is 0 Å². The van der Waals surface area contributed by atoms with E-state index in [1.54, 1.807) is 0 Å². The molecule has 3 heterocycles. The number of hydrogen-bond donors (Lipinski definition) is 1. The average Bonchev–Trinajstić information content (AvgIpc) is 3.04. The molecule has 140 valence electrons. The fraction of sp³-hybridized carbons (Fsp3) is 0.632. The highest BCUT2D eigenvalue weighted by Gasteiger charge is 2.34. The van der Waals surface area contributed by atoms with Crippen LogP contribution in [0.2, 0.25) is 0 Å². The van der Waals surface area contributed by atoms with Crippen LogP contribution in [-0.2, 0) is 24.8 Å². The Morgan fingerprint density at radius 3 is 2.81 bits per heavy atom. The van der Waals surface area contributed by atoms with Gasteiger partial charge < -0.3 is 15.0 Å². The molecule has 4 rings (SSSR count). The van der Waals surface area contributed by atoms with Crippen molar-refractivity contribution < 1.29 is 4.74 Å². The highest BCUT2D eigenvalue weighted by atomic mass is 16.5. The molecule has 7 nitrogen and oxygen atoms in total. The second-order valence-electron chi connectivity index (χ2n) is 8.17. The number of fused-ring (bicyclic) bond motifs is 1. The van der Waals surface area contributed by atoms with Crippen LogP contribution in [0, 0.1) is 5.41 Å². The van der Waals surface area contributed by atoms with E-state index in [9.17, 15) is 0 Å². The lowest BCUT2D eigenvalue weighted by molar-refractivity contribution is 0.122. The van der Waals surface area contributed by atoms with E-state index in [0.717, 1.165) is 51.6 Å². The lowest BCUT2D eigenvalue weighted by Gasteiger charge is -2.37. The molecule has 1 atom stereocenters. The van der Waals surface area contributed by atoms with Crippen LogP contribution < -0.4 is 10.2 Å². The first kappa shape index (κ1) is 17.4. The van der Waals surface area contributed by atoms with Gasteiger partial charge >= 0.3 is 0 Å². The van der Waals surface area contributed by atoms with E-state index in [-0.39, 0.29) is 11.5 Å². The number of ether oxygens (including phenoxy) is 1. The molecular formula is C19H28N6O. The quantitative estimate of drug-likeness (QED) is 0.902. The summed E-state index contributed by atoms with van der Waals surface area (Å²) in [4.78, 5) is 11.8. The topological polar surface area (TPSA) is 68.1 Å². The van der Waals surface area contributed by atoms with Crippen LogP contribution in [0.1, 0.15) is 43.1 Å². The predicted molar refractivity (Wildman–Crippen MR) is 100.0 cm³/mol. The Morgan fingerprint density at radius 2 is 2.08 bits per heavy atom. The number of rotatable bonds is 4. The minimum absolute atomic E-state index is 0.218. The van der Waals surface area contributed by atoms with Crippen LogP contribution in [-0.4, -0.2) is 46.1 Å². The van der Waals surface area contributed by atoms with Gasteiger partial charge in [0.25, 0.3) is 0 Å². The fourth-order valence-electron chi connectivity index (χ4n) is 3.94. The van der Waals surface area contributed by atoms with Crippen molar-refractivity contribution >= 4 is 5.95 Å². The third kappa shape index (κ3) is 3.73. The molecule has 0 saturated carbocycles. The zero-order chi connectivity index (χ0) is 18.1. The van der Waals surface area contributed by atoms with E-state index in [0.29, 0.717) is 0 Å². The lowest BCUT2D eigenvalue weighted by atomic mass is 9.74. The monoisotopic (exact) mass is 356 g/mol. The predicted octanol–water partition coefficient (Wildman–Crippen LogP) is 1.85. The summed E-state index contributed by atoms with van der Waals surface area (Å²) in [5.41, 5.74) is 3.84. The maximum atomic E-state index is 5.45. The molecule has 2 aliphatic rings. The zero-order valence-corrected chi connectivity index (χ0v) is 15.9. The maximum Gasteiger partial charge on any atom is 0.225 e. The first-order valence-corrected chi connectivity index (χ1v) is 9.40. The smallest absolute Gasteiger partial charge is 0.225 e. The van der Waals surface area contributed by atoms with Crippen molar-refractivity contribution in [2.75, 3.05) is 31.2 Å². The summed E-state index contributed by atoms with van der Waals surface area (Å²) in [6.07, 6.45) is 8.08. The Kier molecular flexibility index (Phi) is 4.67. The second kappa shape index (κ2) is 6.96. The van der Waals surface area contributed by atoms with Gasteiger partial charge in [-0.25, -0.2) is 9.97 Å². The number of aromatic nitrogens is 4. The third-order valence-corrected chi connectivity index (χ3v) is 5.27. The molecule has 0 aromatic carbocycles. The SMILES string of the molecule is Cn1cc(CNC2CC(C)(C)Cc3nc(N4CCOCC4)ncc32)cn1. The molecule has 2 aromatic heterocycles. The van der Waals surface area contributed by atoms with E-state index in [1.165, 1.54) is 16.8 Å². The van der Waals surface area contributed by atoms with Gasteiger partial charge in [0.1, 0.15) is 0 Å². The van der Waals surface area contributed by atoms with Gasteiger partial charge in [0.15, 0.2) is 0 Å². The number of nitrogens with one attached hydrogen (secondary N) is 1. The molecular weight excluding hydrogens is 328 g/mol. The summed E-state index contributed by atoms with van der Waals surface area (Å²) in [7, 11) is 1.95. The largest absolute Gasteiger partial charge is 0.378 e. The molecule has 2 aromatic rings. The molecule has 7 heteroatoms. The van der Waals surface area contributed by atoms with E-state index >= 15 is 0 Å². The van der Waals surface area contributed by atoms with Crippen molar-refractivity contribution in [3.63, 3.8) is 0 Å². The van der Waals surface area contributed by atoms with Crippen LogP contribution in [0.25, 0.3) is 0 Å². The van der Waals surface area contributed by atoms with Crippen LogP contribution in [0.15, 0.2) is 18.6 Å². The van der Waals surface area contributed by atoms with E-state index in [2.05, 4.69) is 40.3 Å². The molecule has 1 aliphatic carbocycles. The number of morpholine rings is 1. The van der Waals surface area contributed by atoms with Crippen LogP contribution in [0.3, 0.4) is 0 Å². The Hall–Kier alpha value is -1.99. The molecule has 1 aliphatic heterocycles. The third-order valence-electron chi connectivity index (χ3n) is 5.27. The summed E-state index contributed by atoms with van der Waals surface area (Å²) in [5.74, 6) is 0.843. The number of hydrogen-bond acceptors (Lipinski definition) is 6. The Morgan fingerprint density at radius 1 is 1.27 bits per heavy atom. The van der Waals surface area contributed by atoms with Gasteiger partial charge in [-0.15, -0.1) is 0 Å². The Bertz CT molecular complexity index is 765. The van der Waals surface area contributed by atoms with Gasteiger partial charge in [0.2, 0.25) is 5.95 Å². The van der Waals surface area contributed by atoms with E-state index < -0.39 is 0 Å². The van der Waals surface area contributed by atoms with Gasteiger partial charge in [-0.1, -0.05) is 13.8 Å². The molecule has 26 heavy (non-hydrogen) atoms. The average molecular weight is 356 g/mol. The van der Waals surface area contributed by atoms with Gasteiger partial charge in [0.05, 0.1) is 25.1 Å². The maximum absolute atomic E-state index is 5.45. The Balaban J connectivity index is 1.55. The molecule has 0 radical (unpaired) electrons. The first-order valence-electron chi connectivity index (χ1n) is 9.40. The van der Waals surface area contributed by atoms with Crippen molar-refractivity contribution in [3.05, 3.63) is 35.4 Å². The molecule has 0 spiro atoms. The van der Waals surface area contributed by atoms with E-state index in [1.807, 2.05) is 24.1 Å². The van der Waals surface area contributed by atoms with Crippen molar-refractivity contribution in [1.29, 1.82) is 0 Å². The van der Waals surface area contributed by atoms with Gasteiger partial charge in [-0.2, -0.15) is 5.10 Å². The molecule has 1 fully saturated rings. The molecule has 0 bridgehead atoms. The number of aryl methyl sites for hydroxylation is 1. The summed E-state index contributed by atoms with van der Waals surface area (Å²) in [6, 6.07) is 0.271. The van der Waals surface area contributed by atoms with Crippen LogP contribution in [0.4, 0.5) is 5.95 Å². The molecule has 0 amide bonds.